The van der Waals surface area contributed by atoms with Crippen LogP contribution in [0.15, 0.2) is 91.0 Å². The molecule has 0 aliphatic heterocycles. The molecule has 29 heavy (non-hydrogen) atoms. The molecule has 0 atom stereocenters. The molecule has 0 spiro atoms. The van der Waals surface area contributed by atoms with E-state index in [9.17, 15) is 4.79 Å². The van der Waals surface area contributed by atoms with E-state index < -0.39 is 6.89 Å². The van der Waals surface area contributed by atoms with Crippen molar-refractivity contribution in [2.24, 2.45) is 0 Å². The summed E-state index contributed by atoms with van der Waals surface area (Å²) in [5.74, 6) is 2.00. The maximum Gasteiger partial charge on any atom is 0.182 e. The monoisotopic (exact) mass is 404 g/mol. The molecule has 0 saturated carbocycles. The smallest absolute Gasteiger partial charge is 0.182 e. The Balaban J connectivity index is 2.19. The number of ether oxygens (including phenoxy) is 1. The van der Waals surface area contributed by atoms with E-state index in [1.54, 1.807) is 0 Å². The fourth-order valence-electron chi connectivity index (χ4n) is 3.64. The molecule has 0 amide bonds. The van der Waals surface area contributed by atoms with Gasteiger partial charge >= 0.3 is 0 Å². The maximum atomic E-state index is 13.2. The minimum absolute atomic E-state index is 0.0433. The van der Waals surface area contributed by atoms with Crippen LogP contribution >= 0.6 is 6.89 Å². The Morgan fingerprint density at radius 3 is 1.48 bits per heavy atom. The van der Waals surface area contributed by atoms with Gasteiger partial charge in [0, 0.05) is 0 Å². The van der Waals surface area contributed by atoms with E-state index in [2.05, 4.69) is 86.6 Å². The van der Waals surface area contributed by atoms with Gasteiger partial charge in [-0.15, -0.1) is 0 Å². The van der Waals surface area contributed by atoms with Gasteiger partial charge < -0.3 is 4.74 Å². The summed E-state index contributed by atoms with van der Waals surface area (Å²) >= 11 is 0. The lowest BCUT2D eigenvalue weighted by atomic mass is 10.2. The average molecular weight is 404 g/mol. The lowest BCUT2D eigenvalue weighted by molar-refractivity contribution is -0.118. The van der Waals surface area contributed by atoms with Crippen LogP contribution in [0.1, 0.15) is 26.7 Å². The minimum Gasteiger partial charge on any atom is -0.370 e. The van der Waals surface area contributed by atoms with Crippen molar-refractivity contribution in [1.82, 2.24) is 0 Å². The van der Waals surface area contributed by atoms with Crippen molar-refractivity contribution in [2.45, 2.75) is 32.8 Å². The van der Waals surface area contributed by atoms with E-state index in [4.69, 9.17) is 4.74 Å². The van der Waals surface area contributed by atoms with Crippen LogP contribution in [0, 0.1) is 0 Å². The molecule has 0 saturated heterocycles. The van der Waals surface area contributed by atoms with Crippen molar-refractivity contribution in [3.63, 3.8) is 0 Å². The Kier molecular flexibility index (Phi) is 7.63. The molecule has 3 heteroatoms. The fraction of sp³-hybridized carbons (Fsp3) is 0.231. The van der Waals surface area contributed by atoms with E-state index in [0.29, 0.717) is 0 Å². The van der Waals surface area contributed by atoms with Crippen LogP contribution < -0.4 is 15.9 Å². The van der Waals surface area contributed by atoms with E-state index in [-0.39, 0.29) is 18.5 Å². The molecule has 0 fully saturated rings. The molecule has 0 aromatic heterocycles. The van der Waals surface area contributed by atoms with Crippen LogP contribution in [-0.4, -0.2) is 24.3 Å². The zero-order chi connectivity index (χ0) is 20.5. The SMILES string of the molecule is CCC(CC)OCC(=O)C=P(c1ccccc1)(c1ccccc1)c1ccccc1. The number of rotatable bonds is 9. The maximum absolute atomic E-state index is 13.2. The summed E-state index contributed by atoms with van der Waals surface area (Å²) in [5, 5.41) is 3.52. The Morgan fingerprint density at radius 2 is 1.14 bits per heavy atom. The second-order valence-corrected chi connectivity index (χ2v) is 10.3. The molecular weight excluding hydrogens is 375 g/mol. The predicted molar refractivity (Wildman–Crippen MR) is 127 cm³/mol. The highest BCUT2D eigenvalue weighted by Crippen LogP contribution is 2.43. The van der Waals surface area contributed by atoms with Crippen LogP contribution in [0.25, 0.3) is 0 Å². The first-order valence-electron chi connectivity index (χ1n) is 10.3. The normalized spacial score (nSPS) is 11.4. The Morgan fingerprint density at radius 1 is 0.759 bits per heavy atom. The summed E-state index contributed by atoms with van der Waals surface area (Å²) in [6.07, 6.45) is 1.96. The highest BCUT2D eigenvalue weighted by molar-refractivity contribution is 7.95. The third-order valence-electron chi connectivity index (χ3n) is 5.20. The topological polar surface area (TPSA) is 26.3 Å². The molecule has 0 aliphatic carbocycles. The molecule has 0 aliphatic rings. The lowest BCUT2D eigenvalue weighted by Crippen LogP contribution is -2.29. The highest BCUT2D eigenvalue weighted by Gasteiger charge is 2.26. The van der Waals surface area contributed by atoms with E-state index in [0.717, 1.165) is 12.8 Å². The quantitative estimate of drug-likeness (QED) is 0.489. The molecule has 3 aromatic rings. The summed E-state index contributed by atoms with van der Waals surface area (Å²) in [6.45, 7) is 2.07. The van der Waals surface area contributed by atoms with Crippen molar-refractivity contribution in [3.8, 4) is 0 Å². The first kappa shape index (κ1) is 21.3. The van der Waals surface area contributed by atoms with Crippen molar-refractivity contribution >= 4 is 34.4 Å². The molecular formula is C26H29O2P. The number of carbonyl (C=O) groups excluding carboxylic acids is 1. The van der Waals surface area contributed by atoms with E-state index >= 15 is 0 Å². The summed E-state index contributed by atoms with van der Waals surface area (Å²) in [6, 6.07) is 31.2. The number of hydrogen-bond donors (Lipinski definition) is 0. The zero-order valence-corrected chi connectivity index (χ0v) is 18.1. The van der Waals surface area contributed by atoms with Crippen LogP contribution in [-0.2, 0) is 9.53 Å². The number of Topliss-reactive ketones (excluding diaryl/α,β-unsaturated/α-hetero) is 1. The Labute approximate surface area is 174 Å². The van der Waals surface area contributed by atoms with Crippen molar-refractivity contribution in [3.05, 3.63) is 91.0 Å². The molecule has 150 valence electrons. The molecule has 0 bridgehead atoms. The summed E-state index contributed by atoms with van der Waals surface area (Å²) in [7, 11) is 0. The number of ketones is 1. The first-order valence-corrected chi connectivity index (χ1v) is 12.1. The van der Waals surface area contributed by atoms with E-state index in [1.807, 2.05) is 24.0 Å². The van der Waals surface area contributed by atoms with Gasteiger partial charge in [0.15, 0.2) is 5.78 Å². The summed E-state index contributed by atoms with van der Waals surface area (Å²) < 4.78 is 5.89. The van der Waals surface area contributed by atoms with Gasteiger partial charge in [-0.1, -0.05) is 105 Å². The van der Waals surface area contributed by atoms with Gasteiger partial charge in [0.25, 0.3) is 0 Å². The lowest BCUT2D eigenvalue weighted by Gasteiger charge is -2.28. The minimum atomic E-state index is -2.24. The van der Waals surface area contributed by atoms with Gasteiger partial charge in [0.1, 0.15) is 6.61 Å². The van der Waals surface area contributed by atoms with E-state index in [1.165, 1.54) is 15.9 Å². The largest absolute Gasteiger partial charge is 0.370 e. The second-order valence-electron chi connectivity index (χ2n) is 7.07. The van der Waals surface area contributed by atoms with Crippen molar-refractivity contribution < 1.29 is 9.53 Å². The van der Waals surface area contributed by atoms with Crippen molar-refractivity contribution in [1.29, 1.82) is 0 Å². The van der Waals surface area contributed by atoms with Crippen LogP contribution in [0.5, 0.6) is 0 Å². The molecule has 2 nitrogen and oxygen atoms in total. The highest BCUT2D eigenvalue weighted by atomic mass is 31.2. The summed E-state index contributed by atoms with van der Waals surface area (Å²) in [5.41, 5.74) is 0. The van der Waals surface area contributed by atoms with Gasteiger partial charge in [-0.3, -0.25) is 4.79 Å². The Hall–Kier alpha value is -2.41. The first-order chi connectivity index (χ1) is 14.2. The van der Waals surface area contributed by atoms with Gasteiger partial charge in [-0.25, -0.2) is 0 Å². The van der Waals surface area contributed by atoms with Gasteiger partial charge in [0.2, 0.25) is 0 Å². The third-order valence-corrected chi connectivity index (χ3v) is 9.21. The zero-order valence-electron chi connectivity index (χ0n) is 17.2. The second kappa shape index (κ2) is 10.4. The van der Waals surface area contributed by atoms with Crippen LogP contribution in [0.3, 0.4) is 0 Å². The predicted octanol–water partition coefficient (Wildman–Crippen LogP) is 4.56. The molecule has 0 N–H and O–H groups in total. The summed E-state index contributed by atoms with van der Waals surface area (Å²) in [4.78, 5) is 13.2. The molecule has 0 heterocycles. The van der Waals surface area contributed by atoms with Gasteiger partial charge in [-0.2, -0.15) is 0 Å². The number of benzene rings is 3. The van der Waals surface area contributed by atoms with Crippen LogP contribution in [0.2, 0.25) is 0 Å². The molecule has 3 aromatic carbocycles. The average Bonchev–Trinajstić information content (AvgIpc) is 2.80. The van der Waals surface area contributed by atoms with Gasteiger partial charge in [-0.05, 0) is 41.4 Å². The molecule has 0 unspecified atom stereocenters. The fourth-order valence-corrected chi connectivity index (χ4v) is 7.41. The van der Waals surface area contributed by atoms with Gasteiger partial charge in [0.05, 0.1) is 6.10 Å². The Bertz CT molecular complexity index is 842. The van der Waals surface area contributed by atoms with Crippen molar-refractivity contribution in [2.75, 3.05) is 6.61 Å². The molecule has 3 rings (SSSR count). The van der Waals surface area contributed by atoms with Crippen LogP contribution in [0.4, 0.5) is 0 Å². The molecule has 0 radical (unpaired) electrons. The standard InChI is InChI=1S/C26H29O2P/c1-3-23(4-2)28-20-22(27)21-29(24-14-8-5-9-15-24,25-16-10-6-11-17-25)26-18-12-7-13-19-26/h5-19,21,23H,3-4,20H2,1-2H3. The number of hydrogen-bond acceptors (Lipinski definition) is 2. The third kappa shape index (κ3) is 4.96. The number of carbonyl (C=O) groups is 1.